The number of nitro benzene ring substituents is 1. The van der Waals surface area contributed by atoms with Crippen LogP contribution in [-0.2, 0) is 0 Å². The Bertz CT molecular complexity index is 381. The van der Waals surface area contributed by atoms with Crippen molar-refractivity contribution in [2.75, 3.05) is 6.61 Å². The number of nitro groups is 1. The second-order valence-corrected chi connectivity index (χ2v) is 3.77. The highest BCUT2D eigenvalue weighted by molar-refractivity contribution is 6.32. The first-order valence-corrected chi connectivity index (χ1v) is 5.13. The highest BCUT2D eigenvalue weighted by Gasteiger charge is 2.10. The van der Waals surface area contributed by atoms with Crippen molar-refractivity contribution in [3.8, 4) is 5.75 Å². The lowest BCUT2D eigenvalue weighted by atomic mass is 10.3. The molecule has 1 atom stereocenters. The number of hydrogen-bond acceptors (Lipinski definition) is 4. The van der Waals surface area contributed by atoms with E-state index in [0.717, 1.165) is 0 Å². The van der Waals surface area contributed by atoms with Crippen molar-refractivity contribution in [1.82, 2.24) is 0 Å². The van der Waals surface area contributed by atoms with Gasteiger partial charge < -0.3 is 9.84 Å². The van der Waals surface area contributed by atoms with E-state index in [1.54, 1.807) is 6.92 Å². The van der Waals surface area contributed by atoms with E-state index >= 15 is 0 Å². The van der Waals surface area contributed by atoms with Gasteiger partial charge in [-0.2, -0.15) is 0 Å². The third kappa shape index (κ3) is 3.67. The molecule has 1 aromatic rings. The quantitative estimate of drug-likeness (QED) is 0.639. The molecule has 0 aliphatic heterocycles. The van der Waals surface area contributed by atoms with E-state index in [-0.39, 0.29) is 18.0 Å². The zero-order chi connectivity index (χ0) is 12.1. The van der Waals surface area contributed by atoms with Crippen molar-refractivity contribution in [3.05, 3.63) is 33.3 Å². The number of halogens is 1. The Morgan fingerprint density at radius 3 is 2.88 bits per heavy atom. The Labute approximate surface area is 97.8 Å². The molecule has 0 aliphatic carbocycles. The van der Waals surface area contributed by atoms with Gasteiger partial charge in [0.05, 0.1) is 28.7 Å². The number of hydrogen-bond donors (Lipinski definition) is 1. The minimum absolute atomic E-state index is 0.0727. The van der Waals surface area contributed by atoms with Gasteiger partial charge in [-0.15, -0.1) is 0 Å². The Hall–Kier alpha value is -1.33. The van der Waals surface area contributed by atoms with Gasteiger partial charge in [-0.05, 0) is 13.0 Å². The largest absolute Gasteiger partial charge is 0.492 e. The number of ether oxygens (including phenoxy) is 1. The fourth-order valence-corrected chi connectivity index (χ4v) is 1.23. The van der Waals surface area contributed by atoms with Crippen LogP contribution >= 0.6 is 11.6 Å². The third-order valence-corrected chi connectivity index (χ3v) is 2.23. The molecule has 0 saturated carbocycles. The lowest BCUT2D eigenvalue weighted by Crippen LogP contribution is -2.07. The molecule has 0 saturated heterocycles. The smallest absolute Gasteiger partial charge is 0.273 e. The van der Waals surface area contributed by atoms with Crippen molar-refractivity contribution < 1.29 is 14.8 Å². The molecule has 1 N–H and O–H groups in total. The van der Waals surface area contributed by atoms with Gasteiger partial charge in [0.25, 0.3) is 5.69 Å². The number of rotatable bonds is 5. The van der Waals surface area contributed by atoms with Gasteiger partial charge in [0.15, 0.2) is 0 Å². The van der Waals surface area contributed by atoms with Crippen LogP contribution in [0.4, 0.5) is 5.69 Å². The molecule has 6 heteroatoms. The summed E-state index contributed by atoms with van der Waals surface area (Å²) in [7, 11) is 0. The van der Waals surface area contributed by atoms with Crippen molar-refractivity contribution in [2.45, 2.75) is 19.4 Å². The molecule has 0 aliphatic rings. The Kier molecular flexibility index (Phi) is 4.52. The zero-order valence-corrected chi connectivity index (χ0v) is 9.48. The monoisotopic (exact) mass is 245 g/mol. The van der Waals surface area contributed by atoms with Gasteiger partial charge in [-0.3, -0.25) is 10.1 Å². The highest BCUT2D eigenvalue weighted by atomic mass is 35.5. The minimum Gasteiger partial charge on any atom is -0.492 e. The van der Waals surface area contributed by atoms with Gasteiger partial charge in [-0.25, -0.2) is 0 Å². The average molecular weight is 246 g/mol. The fraction of sp³-hybridized carbons (Fsp3) is 0.400. The second-order valence-electron chi connectivity index (χ2n) is 3.36. The van der Waals surface area contributed by atoms with Crippen LogP contribution in [0.2, 0.25) is 5.02 Å². The lowest BCUT2D eigenvalue weighted by molar-refractivity contribution is -0.384. The standard InChI is InChI=1S/C10H12ClNO4/c1-7(13)4-5-16-10-6-8(12(14)15)2-3-9(10)11/h2-3,6-7,13H,4-5H2,1H3. The molecule has 0 bridgehead atoms. The Balaban J connectivity index is 2.70. The summed E-state index contributed by atoms with van der Waals surface area (Å²) in [5, 5.41) is 19.9. The van der Waals surface area contributed by atoms with Gasteiger partial charge >= 0.3 is 0 Å². The summed E-state index contributed by atoms with van der Waals surface area (Å²) in [6.45, 7) is 1.90. The maximum absolute atomic E-state index is 10.5. The summed E-state index contributed by atoms with van der Waals surface area (Å²) in [6.07, 6.45) is -0.0311. The molecule has 0 spiro atoms. The summed E-state index contributed by atoms with van der Waals surface area (Å²) in [5.41, 5.74) is -0.0727. The minimum atomic E-state index is -0.516. The predicted molar refractivity (Wildman–Crippen MR) is 59.9 cm³/mol. The van der Waals surface area contributed by atoms with Crippen LogP contribution in [0.1, 0.15) is 13.3 Å². The predicted octanol–water partition coefficient (Wildman–Crippen LogP) is 2.40. The molecule has 5 nitrogen and oxygen atoms in total. The van der Waals surface area contributed by atoms with Gasteiger partial charge in [0.2, 0.25) is 0 Å². The van der Waals surface area contributed by atoms with Gasteiger partial charge in [0.1, 0.15) is 5.75 Å². The topological polar surface area (TPSA) is 72.6 Å². The van der Waals surface area contributed by atoms with E-state index in [4.69, 9.17) is 21.4 Å². The van der Waals surface area contributed by atoms with Crippen LogP contribution in [0.15, 0.2) is 18.2 Å². The molecule has 16 heavy (non-hydrogen) atoms. The fourth-order valence-electron chi connectivity index (χ4n) is 1.06. The molecule has 88 valence electrons. The van der Waals surface area contributed by atoms with Crippen molar-refractivity contribution in [3.63, 3.8) is 0 Å². The number of benzene rings is 1. The molecule has 0 amide bonds. The van der Waals surface area contributed by atoms with E-state index < -0.39 is 11.0 Å². The van der Waals surface area contributed by atoms with Crippen LogP contribution in [0.3, 0.4) is 0 Å². The normalized spacial score (nSPS) is 12.2. The van der Waals surface area contributed by atoms with Crippen LogP contribution in [-0.4, -0.2) is 22.7 Å². The average Bonchev–Trinajstić information content (AvgIpc) is 2.20. The van der Waals surface area contributed by atoms with Crippen molar-refractivity contribution >= 4 is 17.3 Å². The van der Waals surface area contributed by atoms with E-state index in [9.17, 15) is 10.1 Å². The number of aliphatic hydroxyl groups is 1. The molecule has 0 heterocycles. The first-order chi connectivity index (χ1) is 7.50. The van der Waals surface area contributed by atoms with Crippen LogP contribution in [0.5, 0.6) is 5.75 Å². The van der Waals surface area contributed by atoms with Crippen LogP contribution in [0, 0.1) is 10.1 Å². The number of nitrogens with zero attached hydrogens (tertiary/aromatic N) is 1. The zero-order valence-electron chi connectivity index (χ0n) is 8.72. The first-order valence-electron chi connectivity index (χ1n) is 4.75. The molecule has 1 rings (SSSR count). The lowest BCUT2D eigenvalue weighted by Gasteiger charge is -2.08. The molecule has 1 unspecified atom stereocenters. The maximum Gasteiger partial charge on any atom is 0.273 e. The van der Waals surface area contributed by atoms with Crippen LogP contribution in [0.25, 0.3) is 0 Å². The van der Waals surface area contributed by atoms with Gasteiger partial charge in [0, 0.05) is 12.5 Å². The van der Waals surface area contributed by atoms with E-state index in [2.05, 4.69) is 0 Å². The first kappa shape index (κ1) is 12.7. The summed E-state index contributed by atoms with van der Waals surface area (Å²) < 4.78 is 5.24. The van der Waals surface area contributed by atoms with Crippen molar-refractivity contribution in [2.24, 2.45) is 0 Å². The summed E-state index contributed by atoms with van der Waals surface area (Å²) in [4.78, 5) is 10.00. The second kappa shape index (κ2) is 5.67. The van der Waals surface area contributed by atoms with Gasteiger partial charge in [-0.1, -0.05) is 11.6 Å². The SMILES string of the molecule is CC(O)CCOc1cc([N+](=O)[O-])ccc1Cl. The maximum atomic E-state index is 10.5. The molecule has 0 fully saturated rings. The molecular weight excluding hydrogens is 234 g/mol. The Morgan fingerprint density at radius 1 is 1.62 bits per heavy atom. The van der Waals surface area contributed by atoms with E-state index in [1.165, 1.54) is 18.2 Å². The van der Waals surface area contributed by atoms with E-state index in [0.29, 0.717) is 11.4 Å². The highest BCUT2D eigenvalue weighted by Crippen LogP contribution is 2.28. The van der Waals surface area contributed by atoms with Crippen molar-refractivity contribution in [1.29, 1.82) is 0 Å². The van der Waals surface area contributed by atoms with E-state index in [1.807, 2.05) is 0 Å². The molecule has 1 aromatic carbocycles. The summed E-state index contributed by atoms with van der Waals surface area (Å²) in [6, 6.07) is 3.99. The molecule has 0 radical (unpaired) electrons. The van der Waals surface area contributed by atoms with Crippen LogP contribution < -0.4 is 4.74 Å². The molecular formula is C10H12ClNO4. The Morgan fingerprint density at radius 2 is 2.31 bits per heavy atom. The number of aliphatic hydroxyl groups excluding tert-OH is 1. The third-order valence-electron chi connectivity index (χ3n) is 1.92. The molecule has 0 aromatic heterocycles. The summed E-state index contributed by atoms with van der Waals surface area (Å²) >= 11 is 5.81. The number of non-ortho nitro benzene ring substituents is 1. The summed E-state index contributed by atoms with van der Waals surface area (Å²) in [5.74, 6) is 0.261.